The van der Waals surface area contributed by atoms with E-state index in [0.717, 1.165) is 17.4 Å². The highest BCUT2D eigenvalue weighted by Crippen LogP contribution is 2.36. The molecule has 0 aliphatic rings. The van der Waals surface area contributed by atoms with Crippen LogP contribution in [0.1, 0.15) is 15.2 Å². The Morgan fingerprint density at radius 3 is 2.63 bits per heavy atom. The number of rotatable bonds is 6. The van der Waals surface area contributed by atoms with Gasteiger partial charge in [0.25, 0.3) is 5.69 Å². The van der Waals surface area contributed by atoms with E-state index in [1.54, 1.807) is 5.38 Å². The molecule has 1 aromatic carbocycles. The average Bonchev–Trinajstić information content (AvgIpc) is 3.06. The summed E-state index contributed by atoms with van der Waals surface area (Å²) < 4.78 is 42.6. The number of amides is 1. The summed E-state index contributed by atoms with van der Waals surface area (Å²) in [4.78, 5) is 33.8. The SMILES string of the molecule is COC(=O)c1sccc1NC(=O)CSc1ccc(C(F)(F)F)cc1[N+](=O)[O-]. The van der Waals surface area contributed by atoms with Crippen LogP contribution in [0.3, 0.4) is 0 Å². The van der Waals surface area contributed by atoms with Crippen LogP contribution in [-0.4, -0.2) is 29.7 Å². The maximum absolute atomic E-state index is 12.7. The molecule has 0 bridgehead atoms. The van der Waals surface area contributed by atoms with Crippen molar-refractivity contribution in [3.63, 3.8) is 0 Å². The van der Waals surface area contributed by atoms with Crippen LogP contribution in [0.25, 0.3) is 0 Å². The van der Waals surface area contributed by atoms with Crippen molar-refractivity contribution in [2.24, 2.45) is 0 Å². The van der Waals surface area contributed by atoms with Gasteiger partial charge in [-0.1, -0.05) is 0 Å². The molecule has 0 saturated carbocycles. The van der Waals surface area contributed by atoms with Crippen LogP contribution < -0.4 is 5.32 Å². The molecule has 0 unspecified atom stereocenters. The monoisotopic (exact) mass is 420 g/mol. The largest absolute Gasteiger partial charge is 0.465 e. The fourth-order valence-electron chi connectivity index (χ4n) is 1.95. The number of halogens is 3. The highest BCUT2D eigenvalue weighted by molar-refractivity contribution is 8.00. The van der Waals surface area contributed by atoms with Gasteiger partial charge in [-0.05, 0) is 23.6 Å². The lowest BCUT2D eigenvalue weighted by Crippen LogP contribution is -2.16. The van der Waals surface area contributed by atoms with Gasteiger partial charge in [0.1, 0.15) is 4.88 Å². The Morgan fingerprint density at radius 2 is 2.04 bits per heavy atom. The summed E-state index contributed by atoms with van der Waals surface area (Å²) in [6.07, 6.45) is -4.71. The topological polar surface area (TPSA) is 98.5 Å². The number of nitro benzene ring substituents is 1. The van der Waals surface area contributed by atoms with Gasteiger partial charge in [-0.15, -0.1) is 23.1 Å². The Kier molecular flexibility index (Phi) is 6.44. The molecule has 1 N–H and O–H groups in total. The number of hydrogen-bond donors (Lipinski definition) is 1. The van der Waals surface area contributed by atoms with Crippen molar-refractivity contribution in [1.82, 2.24) is 0 Å². The third-order valence-electron chi connectivity index (χ3n) is 3.15. The summed E-state index contributed by atoms with van der Waals surface area (Å²) in [6.45, 7) is 0. The van der Waals surface area contributed by atoms with Crippen molar-refractivity contribution in [3.8, 4) is 0 Å². The van der Waals surface area contributed by atoms with Crippen molar-refractivity contribution < 1.29 is 32.4 Å². The number of methoxy groups -OCH3 is 1. The van der Waals surface area contributed by atoms with E-state index in [1.165, 1.54) is 13.2 Å². The molecule has 0 spiro atoms. The van der Waals surface area contributed by atoms with Crippen molar-refractivity contribution in [2.45, 2.75) is 11.1 Å². The summed E-state index contributed by atoms with van der Waals surface area (Å²) in [6, 6.07) is 3.57. The molecular weight excluding hydrogens is 409 g/mol. The number of ether oxygens (including phenoxy) is 1. The van der Waals surface area contributed by atoms with Crippen molar-refractivity contribution in [3.05, 3.63) is 50.2 Å². The fraction of sp³-hybridized carbons (Fsp3) is 0.200. The molecule has 144 valence electrons. The number of thioether (sulfide) groups is 1. The molecule has 1 heterocycles. The molecule has 7 nitrogen and oxygen atoms in total. The quantitative estimate of drug-likeness (QED) is 0.326. The Hall–Kier alpha value is -2.60. The van der Waals surface area contributed by atoms with E-state index in [4.69, 9.17) is 0 Å². The lowest BCUT2D eigenvalue weighted by molar-refractivity contribution is -0.388. The molecule has 2 rings (SSSR count). The molecule has 0 radical (unpaired) electrons. The van der Waals surface area contributed by atoms with Crippen LogP contribution in [0.15, 0.2) is 34.5 Å². The number of nitrogens with zero attached hydrogens (tertiary/aromatic N) is 1. The molecule has 2 aromatic rings. The number of esters is 1. The maximum Gasteiger partial charge on any atom is 0.416 e. The van der Waals surface area contributed by atoms with Gasteiger partial charge in [0, 0.05) is 6.07 Å². The maximum atomic E-state index is 12.7. The second-order valence-corrected chi connectivity index (χ2v) is 6.86. The Morgan fingerprint density at radius 1 is 1.33 bits per heavy atom. The molecule has 0 saturated heterocycles. The smallest absolute Gasteiger partial charge is 0.416 e. The third-order valence-corrected chi connectivity index (χ3v) is 5.11. The standard InChI is InChI=1S/C15H11F3N2O5S2/c1-25-14(22)13-9(4-5-26-13)19-12(21)7-27-11-3-2-8(15(16,17)18)6-10(11)20(23)24/h2-6H,7H2,1H3,(H,19,21). The molecule has 0 aliphatic heterocycles. The Bertz CT molecular complexity index is 883. The van der Waals surface area contributed by atoms with Crippen molar-refractivity contribution in [2.75, 3.05) is 18.2 Å². The molecule has 1 aromatic heterocycles. The zero-order valence-electron chi connectivity index (χ0n) is 13.5. The molecular formula is C15H11F3N2O5S2. The number of alkyl halides is 3. The Balaban J connectivity index is 2.10. The van der Waals surface area contributed by atoms with E-state index in [-0.39, 0.29) is 21.2 Å². The first-order valence-corrected chi connectivity index (χ1v) is 8.94. The van der Waals surface area contributed by atoms with Crippen LogP contribution in [-0.2, 0) is 15.7 Å². The van der Waals surface area contributed by atoms with Gasteiger partial charge in [-0.3, -0.25) is 14.9 Å². The second-order valence-electron chi connectivity index (χ2n) is 4.93. The van der Waals surface area contributed by atoms with Crippen LogP contribution in [0, 0.1) is 10.1 Å². The van der Waals surface area contributed by atoms with Crippen LogP contribution >= 0.6 is 23.1 Å². The predicted molar refractivity (Wildman–Crippen MR) is 93.1 cm³/mol. The number of hydrogen-bond acceptors (Lipinski definition) is 7. The summed E-state index contributed by atoms with van der Waals surface area (Å²) in [7, 11) is 1.19. The predicted octanol–water partition coefficient (Wildman–Crippen LogP) is 4.19. The van der Waals surface area contributed by atoms with Crippen molar-refractivity contribution in [1.29, 1.82) is 0 Å². The number of thiophene rings is 1. The zero-order valence-corrected chi connectivity index (χ0v) is 15.2. The van der Waals surface area contributed by atoms with E-state index < -0.39 is 34.2 Å². The van der Waals surface area contributed by atoms with Gasteiger partial charge in [-0.2, -0.15) is 13.2 Å². The van der Waals surface area contributed by atoms with E-state index in [2.05, 4.69) is 10.1 Å². The van der Waals surface area contributed by atoms with Gasteiger partial charge in [0.05, 0.1) is 33.9 Å². The van der Waals surface area contributed by atoms with Crippen LogP contribution in [0.4, 0.5) is 24.5 Å². The lowest BCUT2D eigenvalue weighted by atomic mass is 10.2. The van der Waals surface area contributed by atoms with E-state index in [1.807, 2.05) is 0 Å². The molecule has 0 fully saturated rings. The molecule has 12 heteroatoms. The lowest BCUT2D eigenvalue weighted by Gasteiger charge is -2.09. The highest BCUT2D eigenvalue weighted by atomic mass is 32.2. The molecule has 0 aliphatic carbocycles. The van der Waals surface area contributed by atoms with Gasteiger partial charge >= 0.3 is 12.1 Å². The summed E-state index contributed by atoms with van der Waals surface area (Å²) in [5.41, 5.74) is -1.67. The number of nitro groups is 1. The number of anilines is 1. The number of carbonyl (C=O) groups is 2. The second kappa shape index (κ2) is 8.39. The average molecular weight is 420 g/mol. The van der Waals surface area contributed by atoms with Gasteiger partial charge in [0.2, 0.25) is 5.91 Å². The normalized spacial score (nSPS) is 11.1. The van der Waals surface area contributed by atoms with Crippen LogP contribution in [0.5, 0.6) is 0 Å². The third kappa shape index (κ3) is 5.20. The highest BCUT2D eigenvalue weighted by Gasteiger charge is 2.33. The number of nitrogens with one attached hydrogen (secondary N) is 1. The minimum atomic E-state index is -4.71. The molecule has 0 atom stereocenters. The summed E-state index contributed by atoms with van der Waals surface area (Å²) in [5.74, 6) is -1.52. The zero-order chi connectivity index (χ0) is 20.2. The molecule has 1 amide bonds. The fourth-order valence-corrected chi connectivity index (χ4v) is 3.52. The number of benzene rings is 1. The van der Waals surface area contributed by atoms with Crippen LogP contribution in [0.2, 0.25) is 0 Å². The van der Waals surface area contributed by atoms with E-state index in [0.29, 0.717) is 23.9 Å². The van der Waals surface area contributed by atoms with E-state index >= 15 is 0 Å². The Labute approximate surface area is 158 Å². The van der Waals surface area contributed by atoms with Gasteiger partial charge in [0.15, 0.2) is 0 Å². The van der Waals surface area contributed by atoms with Gasteiger partial charge < -0.3 is 10.1 Å². The van der Waals surface area contributed by atoms with Crippen molar-refractivity contribution >= 4 is 46.3 Å². The first-order valence-electron chi connectivity index (χ1n) is 7.07. The van der Waals surface area contributed by atoms with E-state index in [9.17, 15) is 32.9 Å². The molecule has 27 heavy (non-hydrogen) atoms. The van der Waals surface area contributed by atoms with Gasteiger partial charge in [-0.25, -0.2) is 4.79 Å². The minimum absolute atomic E-state index is 0.0818. The summed E-state index contributed by atoms with van der Waals surface area (Å²) >= 11 is 1.77. The number of carbonyl (C=O) groups excluding carboxylic acids is 2. The minimum Gasteiger partial charge on any atom is -0.465 e. The summed E-state index contributed by atoms with van der Waals surface area (Å²) in [5, 5.41) is 15.1. The first kappa shape index (κ1) is 20.7. The first-order chi connectivity index (χ1) is 12.6.